The zero-order valence-electron chi connectivity index (χ0n) is 11.5. The molecule has 1 heterocycles. The van der Waals surface area contributed by atoms with Gasteiger partial charge in [-0.1, -0.05) is 42.5 Å². The Kier molecular flexibility index (Phi) is 3.70. The maximum atomic E-state index is 12.1. The second kappa shape index (κ2) is 5.63. The van der Waals surface area contributed by atoms with Crippen molar-refractivity contribution in [1.82, 2.24) is 0 Å². The number of esters is 1. The molecule has 0 N–H and O–H groups in total. The SMILES string of the molecule is COC(=O)[C@@H](c1ccc2ccccc2c1)[C@@H]1CCCO1. The number of carbonyl (C=O) groups excluding carboxylic acids is 1. The topological polar surface area (TPSA) is 35.5 Å². The molecule has 0 unspecified atom stereocenters. The minimum absolute atomic E-state index is 0.0661. The molecule has 3 rings (SSSR count). The normalized spacial score (nSPS) is 19.9. The first kappa shape index (κ1) is 13.1. The van der Waals surface area contributed by atoms with Crippen LogP contribution in [0.4, 0.5) is 0 Å². The summed E-state index contributed by atoms with van der Waals surface area (Å²) in [4.78, 5) is 12.1. The van der Waals surface area contributed by atoms with Gasteiger partial charge in [0.1, 0.15) is 5.92 Å². The van der Waals surface area contributed by atoms with Gasteiger partial charge in [0.15, 0.2) is 0 Å². The van der Waals surface area contributed by atoms with E-state index in [-0.39, 0.29) is 18.0 Å². The number of carbonyl (C=O) groups is 1. The number of methoxy groups -OCH3 is 1. The summed E-state index contributed by atoms with van der Waals surface area (Å²) in [5.74, 6) is -0.542. The van der Waals surface area contributed by atoms with Crippen LogP contribution >= 0.6 is 0 Å². The summed E-state index contributed by atoms with van der Waals surface area (Å²) in [6.07, 6.45) is 1.85. The van der Waals surface area contributed by atoms with Gasteiger partial charge in [0.25, 0.3) is 0 Å². The summed E-state index contributed by atoms with van der Waals surface area (Å²) in [5.41, 5.74) is 0.974. The van der Waals surface area contributed by atoms with Gasteiger partial charge in [-0.3, -0.25) is 4.79 Å². The first-order chi connectivity index (χ1) is 9.79. The zero-order chi connectivity index (χ0) is 13.9. The summed E-state index contributed by atoms with van der Waals surface area (Å²) >= 11 is 0. The lowest BCUT2D eigenvalue weighted by atomic mass is 9.90. The van der Waals surface area contributed by atoms with Crippen molar-refractivity contribution in [2.75, 3.05) is 13.7 Å². The first-order valence-corrected chi connectivity index (χ1v) is 6.98. The van der Waals surface area contributed by atoms with Gasteiger partial charge in [-0.05, 0) is 29.2 Å². The molecule has 3 nitrogen and oxygen atoms in total. The van der Waals surface area contributed by atoms with Crippen molar-refractivity contribution < 1.29 is 14.3 Å². The Labute approximate surface area is 118 Å². The fraction of sp³-hybridized carbons (Fsp3) is 0.353. The van der Waals surface area contributed by atoms with Crippen molar-refractivity contribution in [3.05, 3.63) is 48.0 Å². The summed E-state index contributed by atoms with van der Waals surface area (Å²) in [6.45, 7) is 0.728. The van der Waals surface area contributed by atoms with Gasteiger partial charge in [-0.15, -0.1) is 0 Å². The van der Waals surface area contributed by atoms with Crippen molar-refractivity contribution in [2.24, 2.45) is 0 Å². The summed E-state index contributed by atoms with van der Waals surface area (Å²) in [5, 5.41) is 2.31. The number of rotatable bonds is 3. The molecule has 0 saturated carbocycles. The maximum absolute atomic E-state index is 12.1. The van der Waals surface area contributed by atoms with Gasteiger partial charge in [-0.25, -0.2) is 0 Å². The van der Waals surface area contributed by atoms with Crippen molar-refractivity contribution in [1.29, 1.82) is 0 Å². The van der Waals surface area contributed by atoms with Gasteiger partial charge >= 0.3 is 5.97 Å². The molecule has 1 fully saturated rings. The van der Waals surface area contributed by atoms with Crippen LogP contribution in [0.1, 0.15) is 24.3 Å². The van der Waals surface area contributed by atoms with Crippen LogP contribution in [0.5, 0.6) is 0 Å². The molecule has 1 aliphatic heterocycles. The molecule has 0 bridgehead atoms. The molecule has 0 aliphatic carbocycles. The van der Waals surface area contributed by atoms with Gasteiger partial charge in [0.05, 0.1) is 13.2 Å². The van der Waals surface area contributed by atoms with Crippen molar-refractivity contribution in [3.8, 4) is 0 Å². The average Bonchev–Trinajstić information content (AvgIpc) is 3.01. The van der Waals surface area contributed by atoms with Crippen molar-refractivity contribution in [3.63, 3.8) is 0 Å². The number of ether oxygens (including phenoxy) is 2. The summed E-state index contributed by atoms with van der Waals surface area (Å²) in [7, 11) is 1.44. The molecule has 1 saturated heterocycles. The Balaban J connectivity index is 2.01. The Morgan fingerprint density at radius 3 is 2.75 bits per heavy atom. The van der Waals surface area contributed by atoms with Crippen LogP contribution in [-0.4, -0.2) is 25.8 Å². The third-order valence-corrected chi connectivity index (χ3v) is 3.92. The van der Waals surface area contributed by atoms with E-state index in [0.29, 0.717) is 0 Å². The Bertz CT molecular complexity index is 614. The quantitative estimate of drug-likeness (QED) is 0.803. The monoisotopic (exact) mass is 270 g/mol. The number of hydrogen-bond donors (Lipinski definition) is 0. The highest BCUT2D eigenvalue weighted by atomic mass is 16.5. The van der Waals surface area contributed by atoms with Crippen LogP contribution in [0.3, 0.4) is 0 Å². The molecule has 104 valence electrons. The van der Waals surface area contributed by atoms with Crippen LogP contribution in [-0.2, 0) is 14.3 Å². The zero-order valence-corrected chi connectivity index (χ0v) is 11.5. The standard InChI is InChI=1S/C17H18O3/c1-19-17(18)16(15-7-4-10-20-15)14-9-8-12-5-2-3-6-13(12)11-14/h2-3,5-6,8-9,11,15-16H,4,7,10H2,1H3/t15-,16-/m0/s1. The van der Waals surface area contributed by atoms with Crippen LogP contribution in [0, 0.1) is 0 Å². The molecule has 1 aliphatic rings. The Hall–Kier alpha value is -1.87. The lowest BCUT2D eigenvalue weighted by Crippen LogP contribution is -2.26. The molecule has 2 aromatic rings. The molecule has 2 atom stereocenters. The van der Waals surface area contributed by atoms with Gasteiger partial charge in [-0.2, -0.15) is 0 Å². The molecule has 2 aromatic carbocycles. The first-order valence-electron chi connectivity index (χ1n) is 6.98. The highest BCUT2D eigenvalue weighted by Gasteiger charge is 2.33. The lowest BCUT2D eigenvalue weighted by Gasteiger charge is -2.21. The average molecular weight is 270 g/mol. The fourth-order valence-corrected chi connectivity index (χ4v) is 2.90. The minimum Gasteiger partial charge on any atom is -0.468 e. The predicted octanol–water partition coefficient (Wildman–Crippen LogP) is 3.28. The van der Waals surface area contributed by atoms with E-state index in [1.807, 2.05) is 18.2 Å². The van der Waals surface area contributed by atoms with Crippen LogP contribution < -0.4 is 0 Å². The number of hydrogen-bond acceptors (Lipinski definition) is 3. The van der Waals surface area contributed by atoms with Gasteiger partial charge < -0.3 is 9.47 Å². The molecule has 3 heteroatoms. The van der Waals surface area contributed by atoms with E-state index in [9.17, 15) is 4.79 Å². The highest BCUT2D eigenvalue weighted by molar-refractivity contribution is 5.86. The predicted molar refractivity (Wildman–Crippen MR) is 77.7 cm³/mol. The third-order valence-electron chi connectivity index (χ3n) is 3.92. The van der Waals surface area contributed by atoms with Gasteiger partial charge in [0, 0.05) is 6.61 Å². The van der Waals surface area contributed by atoms with E-state index in [0.717, 1.165) is 30.4 Å². The fourth-order valence-electron chi connectivity index (χ4n) is 2.90. The van der Waals surface area contributed by atoms with Crippen LogP contribution in [0.2, 0.25) is 0 Å². The third kappa shape index (κ3) is 2.41. The van der Waals surface area contributed by atoms with E-state index in [4.69, 9.17) is 9.47 Å². The molecule has 20 heavy (non-hydrogen) atoms. The maximum Gasteiger partial charge on any atom is 0.315 e. The molecule has 0 spiro atoms. The van der Waals surface area contributed by atoms with Crippen LogP contribution in [0.15, 0.2) is 42.5 Å². The molecule has 0 aromatic heterocycles. The van der Waals surface area contributed by atoms with E-state index >= 15 is 0 Å². The van der Waals surface area contributed by atoms with Crippen molar-refractivity contribution >= 4 is 16.7 Å². The number of benzene rings is 2. The molecule has 0 radical (unpaired) electrons. The summed E-state index contributed by atoms with van der Waals surface area (Å²) in [6, 6.07) is 14.3. The van der Waals surface area contributed by atoms with E-state index in [1.165, 1.54) is 12.5 Å². The van der Waals surface area contributed by atoms with E-state index in [2.05, 4.69) is 24.3 Å². The number of fused-ring (bicyclic) bond motifs is 1. The van der Waals surface area contributed by atoms with E-state index in [1.54, 1.807) is 0 Å². The summed E-state index contributed by atoms with van der Waals surface area (Å²) < 4.78 is 10.7. The molecule has 0 amide bonds. The second-order valence-electron chi connectivity index (χ2n) is 5.16. The minimum atomic E-state index is -0.327. The van der Waals surface area contributed by atoms with E-state index < -0.39 is 0 Å². The van der Waals surface area contributed by atoms with Crippen molar-refractivity contribution in [2.45, 2.75) is 24.9 Å². The lowest BCUT2D eigenvalue weighted by molar-refractivity contribution is -0.145. The Morgan fingerprint density at radius 2 is 2.05 bits per heavy atom. The molecular weight excluding hydrogens is 252 g/mol. The van der Waals surface area contributed by atoms with Crippen LogP contribution in [0.25, 0.3) is 10.8 Å². The smallest absolute Gasteiger partial charge is 0.315 e. The highest BCUT2D eigenvalue weighted by Crippen LogP contribution is 2.31. The largest absolute Gasteiger partial charge is 0.468 e. The second-order valence-corrected chi connectivity index (χ2v) is 5.16. The van der Waals surface area contributed by atoms with Gasteiger partial charge in [0.2, 0.25) is 0 Å². The Morgan fingerprint density at radius 1 is 1.25 bits per heavy atom. The molecular formula is C17H18O3.